The summed E-state index contributed by atoms with van der Waals surface area (Å²) in [5.41, 5.74) is 12.4. The predicted molar refractivity (Wildman–Crippen MR) is 80.1 cm³/mol. The van der Waals surface area contributed by atoms with Gasteiger partial charge in [0.15, 0.2) is 0 Å². The van der Waals surface area contributed by atoms with E-state index in [-0.39, 0.29) is 11.1 Å². The van der Waals surface area contributed by atoms with Crippen LogP contribution >= 0.6 is 0 Å². The van der Waals surface area contributed by atoms with Crippen molar-refractivity contribution in [1.82, 2.24) is 0 Å². The Bertz CT molecular complexity index is 685. The van der Waals surface area contributed by atoms with Crippen LogP contribution < -0.4 is 20.9 Å². The maximum atomic E-state index is 12.3. The lowest BCUT2D eigenvalue weighted by Crippen LogP contribution is -2.27. The lowest BCUT2D eigenvalue weighted by atomic mass is 9.94. The Kier molecular flexibility index (Phi) is 5.67. The minimum absolute atomic E-state index is 0.224. The third kappa shape index (κ3) is 5.81. The fourth-order valence-corrected chi connectivity index (χ4v) is 2.25. The maximum absolute atomic E-state index is 12.3. The molecule has 0 spiro atoms. The van der Waals surface area contributed by atoms with Crippen LogP contribution in [0.4, 0.5) is 26.3 Å². The SMILES string of the molecule is NC(c1cccc(OC(F)(F)F)c1)C(N)c1cccc(OC(F)(F)F)c1. The Hall–Kier alpha value is -2.46. The van der Waals surface area contributed by atoms with E-state index in [2.05, 4.69) is 9.47 Å². The average Bonchev–Trinajstić information content (AvgIpc) is 2.50. The first-order valence-corrected chi connectivity index (χ1v) is 7.17. The van der Waals surface area contributed by atoms with Crippen LogP contribution in [0.25, 0.3) is 0 Å². The Morgan fingerprint density at radius 1 is 0.654 bits per heavy atom. The van der Waals surface area contributed by atoms with Crippen molar-refractivity contribution < 1.29 is 35.8 Å². The van der Waals surface area contributed by atoms with Crippen LogP contribution in [-0.4, -0.2) is 12.7 Å². The van der Waals surface area contributed by atoms with Gasteiger partial charge < -0.3 is 20.9 Å². The van der Waals surface area contributed by atoms with E-state index in [9.17, 15) is 26.3 Å². The number of benzene rings is 2. The molecular weight excluding hydrogens is 366 g/mol. The van der Waals surface area contributed by atoms with E-state index in [0.29, 0.717) is 0 Å². The largest absolute Gasteiger partial charge is 0.573 e. The van der Waals surface area contributed by atoms with Gasteiger partial charge in [0.05, 0.1) is 0 Å². The zero-order valence-corrected chi connectivity index (χ0v) is 13.0. The summed E-state index contributed by atoms with van der Waals surface area (Å²) >= 11 is 0. The summed E-state index contributed by atoms with van der Waals surface area (Å²) in [6.45, 7) is 0. The molecular formula is C16H14F6N2O2. The van der Waals surface area contributed by atoms with Gasteiger partial charge in [-0.3, -0.25) is 0 Å². The summed E-state index contributed by atoms with van der Waals surface area (Å²) in [5, 5.41) is 0. The minimum atomic E-state index is -4.87. The van der Waals surface area contributed by atoms with Crippen LogP contribution in [0, 0.1) is 0 Å². The molecule has 2 atom stereocenters. The van der Waals surface area contributed by atoms with Gasteiger partial charge in [-0.25, -0.2) is 0 Å². The Balaban J connectivity index is 2.20. The third-order valence-corrected chi connectivity index (χ3v) is 3.34. The number of halogens is 6. The molecule has 2 aromatic rings. The second-order valence-corrected chi connectivity index (χ2v) is 5.29. The maximum Gasteiger partial charge on any atom is 0.573 e. The quantitative estimate of drug-likeness (QED) is 0.764. The van der Waals surface area contributed by atoms with Crippen molar-refractivity contribution in [2.45, 2.75) is 24.8 Å². The van der Waals surface area contributed by atoms with E-state index in [4.69, 9.17) is 11.5 Å². The molecule has 0 radical (unpaired) electrons. The first-order chi connectivity index (χ1) is 11.9. The van der Waals surface area contributed by atoms with Crippen LogP contribution in [0.1, 0.15) is 23.2 Å². The molecule has 2 unspecified atom stereocenters. The van der Waals surface area contributed by atoms with E-state index < -0.39 is 36.3 Å². The average molecular weight is 380 g/mol. The molecule has 0 aliphatic rings. The van der Waals surface area contributed by atoms with Gasteiger partial charge in [-0.05, 0) is 35.4 Å². The molecule has 0 saturated carbocycles. The van der Waals surface area contributed by atoms with Gasteiger partial charge in [-0.15, -0.1) is 26.3 Å². The number of hydrogen-bond acceptors (Lipinski definition) is 4. The Morgan fingerprint density at radius 2 is 1.00 bits per heavy atom. The van der Waals surface area contributed by atoms with Crippen LogP contribution in [-0.2, 0) is 0 Å². The van der Waals surface area contributed by atoms with Crippen molar-refractivity contribution in [3.8, 4) is 11.5 Å². The highest BCUT2D eigenvalue weighted by atomic mass is 19.4. The van der Waals surface area contributed by atoms with Crippen molar-refractivity contribution in [2.75, 3.05) is 0 Å². The van der Waals surface area contributed by atoms with Crippen molar-refractivity contribution in [2.24, 2.45) is 11.5 Å². The monoisotopic (exact) mass is 380 g/mol. The smallest absolute Gasteiger partial charge is 0.406 e. The van der Waals surface area contributed by atoms with Crippen molar-refractivity contribution >= 4 is 0 Å². The first kappa shape index (κ1) is 19.9. The Morgan fingerprint density at radius 3 is 1.31 bits per heavy atom. The molecule has 0 heterocycles. The second-order valence-electron chi connectivity index (χ2n) is 5.29. The second kappa shape index (κ2) is 7.42. The van der Waals surface area contributed by atoms with Crippen LogP contribution in [0.5, 0.6) is 11.5 Å². The summed E-state index contributed by atoms with van der Waals surface area (Å²) in [5.74, 6) is -0.960. The summed E-state index contributed by atoms with van der Waals surface area (Å²) in [4.78, 5) is 0. The molecule has 4 N–H and O–H groups in total. The molecule has 0 bridgehead atoms. The normalized spacial score (nSPS) is 14.6. The van der Waals surface area contributed by atoms with Crippen LogP contribution in [0.2, 0.25) is 0 Å². The molecule has 142 valence electrons. The molecule has 26 heavy (non-hydrogen) atoms. The molecule has 2 rings (SSSR count). The summed E-state index contributed by atoms with van der Waals surface area (Å²) in [6, 6.07) is 7.79. The number of hydrogen-bond donors (Lipinski definition) is 2. The highest BCUT2D eigenvalue weighted by Gasteiger charge is 2.32. The molecule has 0 amide bonds. The lowest BCUT2D eigenvalue weighted by Gasteiger charge is -2.22. The van der Waals surface area contributed by atoms with Crippen molar-refractivity contribution in [3.63, 3.8) is 0 Å². The van der Waals surface area contributed by atoms with Crippen LogP contribution in [0.3, 0.4) is 0 Å². The number of ether oxygens (including phenoxy) is 2. The van der Waals surface area contributed by atoms with Gasteiger partial charge in [-0.1, -0.05) is 24.3 Å². The zero-order chi connectivity index (χ0) is 19.5. The number of alkyl halides is 6. The number of rotatable bonds is 5. The van der Waals surface area contributed by atoms with Crippen LogP contribution in [0.15, 0.2) is 48.5 Å². The Labute approximate surface area is 144 Å². The van der Waals surface area contributed by atoms with Gasteiger partial charge in [0.25, 0.3) is 0 Å². The summed E-state index contributed by atoms with van der Waals surface area (Å²) in [6.07, 6.45) is -9.73. The van der Waals surface area contributed by atoms with E-state index in [1.807, 2.05) is 0 Å². The highest BCUT2D eigenvalue weighted by Crippen LogP contribution is 2.31. The van der Waals surface area contributed by atoms with E-state index in [1.165, 1.54) is 24.3 Å². The van der Waals surface area contributed by atoms with E-state index >= 15 is 0 Å². The van der Waals surface area contributed by atoms with Crippen molar-refractivity contribution in [3.05, 3.63) is 59.7 Å². The van der Waals surface area contributed by atoms with Gasteiger partial charge in [0, 0.05) is 12.1 Å². The number of nitrogens with two attached hydrogens (primary N) is 2. The molecule has 2 aromatic carbocycles. The first-order valence-electron chi connectivity index (χ1n) is 7.17. The predicted octanol–water partition coefficient (Wildman–Crippen LogP) is 4.18. The van der Waals surface area contributed by atoms with E-state index in [0.717, 1.165) is 24.3 Å². The molecule has 0 aliphatic carbocycles. The lowest BCUT2D eigenvalue weighted by molar-refractivity contribution is -0.275. The third-order valence-electron chi connectivity index (χ3n) is 3.34. The standard InChI is InChI=1S/C16H14F6N2O2/c17-15(18,19)25-11-5-1-3-9(7-11)13(23)14(24)10-4-2-6-12(8-10)26-16(20,21)22/h1-8,13-14H,23-24H2. The van der Waals surface area contributed by atoms with Gasteiger partial charge >= 0.3 is 12.7 Å². The molecule has 10 heteroatoms. The highest BCUT2D eigenvalue weighted by molar-refractivity contribution is 5.36. The molecule has 4 nitrogen and oxygen atoms in total. The summed E-state index contributed by atoms with van der Waals surface area (Å²) in [7, 11) is 0. The fraction of sp³-hybridized carbons (Fsp3) is 0.250. The molecule has 0 fully saturated rings. The molecule has 0 aliphatic heterocycles. The minimum Gasteiger partial charge on any atom is -0.406 e. The fourth-order valence-electron chi connectivity index (χ4n) is 2.25. The topological polar surface area (TPSA) is 70.5 Å². The van der Waals surface area contributed by atoms with Crippen molar-refractivity contribution in [1.29, 1.82) is 0 Å². The zero-order valence-electron chi connectivity index (χ0n) is 13.0. The van der Waals surface area contributed by atoms with E-state index in [1.54, 1.807) is 0 Å². The molecule has 0 saturated heterocycles. The molecule has 0 aromatic heterocycles. The van der Waals surface area contributed by atoms with Gasteiger partial charge in [0.1, 0.15) is 11.5 Å². The van der Waals surface area contributed by atoms with Gasteiger partial charge in [-0.2, -0.15) is 0 Å². The van der Waals surface area contributed by atoms with Gasteiger partial charge in [0.2, 0.25) is 0 Å². The summed E-state index contributed by atoms with van der Waals surface area (Å²) < 4.78 is 81.4.